The number of aryl methyl sites for hydroxylation is 2. The maximum atomic E-state index is 5.26. The number of nitrogens with zero attached hydrogens (tertiary/aromatic N) is 2. The lowest BCUT2D eigenvalue weighted by Gasteiger charge is -2.15. The highest BCUT2D eigenvalue weighted by Crippen LogP contribution is 2.22. The van der Waals surface area contributed by atoms with Crippen molar-refractivity contribution in [1.82, 2.24) is 15.1 Å². The van der Waals surface area contributed by atoms with Crippen LogP contribution in [0.3, 0.4) is 0 Å². The molecule has 0 fully saturated rings. The van der Waals surface area contributed by atoms with E-state index in [0.29, 0.717) is 0 Å². The first-order valence-electron chi connectivity index (χ1n) is 6.58. The van der Waals surface area contributed by atoms with Gasteiger partial charge in [0, 0.05) is 19.6 Å². The molecule has 0 aliphatic rings. The molecule has 0 aliphatic carbocycles. The first-order valence-corrected chi connectivity index (χ1v) is 7.37. The van der Waals surface area contributed by atoms with Gasteiger partial charge in [-0.25, -0.2) is 0 Å². The van der Waals surface area contributed by atoms with Crippen molar-refractivity contribution in [2.45, 2.75) is 26.4 Å². The molecule has 1 N–H and O–H groups in total. The molecule has 1 heterocycles. The van der Waals surface area contributed by atoms with Gasteiger partial charge in [-0.3, -0.25) is 4.68 Å². The fourth-order valence-corrected chi connectivity index (χ4v) is 2.63. The van der Waals surface area contributed by atoms with Gasteiger partial charge < -0.3 is 10.1 Å². The Morgan fingerprint density at radius 3 is 2.80 bits per heavy atom. The lowest BCUT2D eigenvalue weighted by Crippen LogP contribution is -2.20. The van der Waals surface area contributed by atoms with Crippen LogP contribution in [0, 0.1) is 6.92 Å². The topological polar surface area (TPSA) is 39.1 Å². The molecule has 1 atom stereocenters. The van der Waals surface area contributed by atoms with E-state index < -0.39 is 0 Å². The highest BCUT2D eigenvalue weighted by atomic mass is 79.9. The van der Waals surface area contributed by atoms with Crippen molar-refractivity contribution in [2.75, 3.05) is 7.11 Å². The Hall–Kier alpha value is -1.33. The Balaban J connectivity index is 2.06. The number of halogens is 1. The zero-order valence-corrected chi connectivity index (χ0v) is 13.9. The summed E-state index contributed by atoms with van der Waals surface area (Å²) in [6.07, 6.45) is 0. The van der Waals surface area contributed by atoms with Gasteiger partial charge in [-0.05, 0) is 47.5 Å². The van der Waals surface area contributed by atoms with E-state index in [2.05, 4.69) is 45.4 Å². The van der Waals surface area contributed by atoms with Crippen LogP contribution < -0.4 is 10.1 Å². The van der Waals surface area contributed by atoms with Crippen LogP contribution in [-0.2, 0) is 13.6 Å². The van der Waals surface area contributed by atoms with E-state index in [4.69, 9.17) is 4.74 Å². The maximum absolute atomic E-state index is 5.26. The predicted octanol–water partition coefficient (Wildman–Crippen LogP) is 3.35. The van der Waals surface area contributed by atoms with Crippen LogP contribution >= 0.6 is 15.9 Å². The second-order valence-corrected chi connectivity index (χ2v) is 5.64. The van der Waals surface area contributed by atoms with Gasteiger partial charge in [0.15, 0.2) is 0 Å². The molecule has 5 heteroatoms. The molecule has 0 radical (unpaired) electrons. The number of ether oxygens (including phenoxy) is 1. The third-order valence-electron chi connectivity index (χ3n) is 3.43. The normalized spacial score (nSPS) is 12.4. The molecule has 0 saturated heterocycles. The summed E-state index contributed by atoms with van der Waals surface area (Å²) < 4.78 is 8.24. The summed E-state index contributed by atoms with van der Waals surface area (Å²) in [5.41, 5.74) is 3.37. The van der Waals surface area contributed by atoms with E-state index in [0.717, 1.165) is 28.2 Å². The molecule has 0 bridgehead atoms. The van der Waals surface area contributed by atoms with E-state index in [9.17, 15) is 0 Å². The van der Waals surface area contributed by atoms with Crippen molar-refractivity contribution in [3.05, 3.63) is 45.7 Å². The number of rotatable bonds is 5. The van der Waals surface area contributed by atoms with Crippen LogP contribution in [0.25, 0.3) is 0 Å². The molecule has 108 valence electrons. The van der Waals surface area contributed by atoms with Crippen LogP contribution in [0.1, 0.15) is 29.9 Å². The van der Waals surface area contributed by atoms with Gasteiger partial charge in [0.25, 0.3) is 0 Å². The van der Waals surface area contributed by atoms with E-state index in [1.807, 2.05) is 30.8 Å². The van der Waals surface area contributed by atoms with Crippen molar-refractivity contribution in [3.63, 3.8) is 0 Å². The summed E-state index contributed by atoms with van der Waals surface area (Å²) in [6, 6.07) is 8.37. The van der Waals surface area contributed by atoms with Crippen molar-refractivity contribution < 1.29 is 4.74 Å². The zero-order valence-electron chi connectivity index (χ0n) is 12.3. The predicted molar refractivity (Wildman–Crippen MR) is 83.9 cm³/mol. The largest absolute Gasteiger partial charge is 0.497 e. The third kappa shape index (κ3) is 3.22. The smallest absolute Gasteiger partial charge is 0.119 e. The molecule has 20 heavy (non-hydrogen) atoms. The summed E-state index contributed by atoms with van der Waals surface area (Å²) in [7, 11) is 3.65. The summed E-state index contributed by atoms with van der Waals surface area (Å²) in [4.78, 5) is 0. The Labute approximate surface area is 128 Å². The number of aromatic nitrogens is 2. The quantitative estimate of drug-likeness (QED) is 0.909. The van der Waals surface area contributed by atoms with Crippen LogP contribution in [-0.4, -0.2) is 16.9 Å². The summed E-state index contributed by atoms with van der Waals surface area (Å²) in [5.74, 6) is 0.883. The number of benzene rings is 1. The number of hydrogen-bond donors (Lipinski definition) is 1. The molecule has 0 unspecified atom stereocenters. The second kappa shape index (κ2) is 6.41. The standard InChI is InChI=1S/C15H20BrN3O/c1-10(12-6-5-7-13(8-12)20-4)17-9-14-15(16)11(2)18-19(14)3/h5-8,10,17H,9H2,1-4H3/t10-/m0/s1. The second-order valence-electron chi connectivity index (χ2n) is 4.85. The monoisotopic (exact) mass is 337 g/mol. The van der Waals surface area contributed by atoms with Crippen LogP contribution in [0.15, 0.2) is 28.7 Å². The molecule has 0 aliphatic heterocycles. The van der Waals surface area contributed by atoms with Gasteiger partial charge in [0.1, 0.15) is 5.75 Å². The highest BCUT2D eigenvalue weighted by Gasteiger charge is 2.12. The molecular formula is C15H20BrN3O. The molecule has 1 aromatic carbocycles. The highest BCUT2D eigenvalue weighted by molar-refractivity contribution is 9.10. The fourth-order valence-electron chi connectivity index (χ4n) is 2.15. The van der Waals surface area contributed by atoms with Crippen molar-refractivity contribution in [2.24, 2.45) is 7.05 Å². The van der Waals surface area contributed by atoms with Gasteiger partial charge in [0.2, 0.25) is 0 Å². The average molecular weight is 338 g/mol. The summed E-state index contributed by atoms with van der Waals surface area (Å²) >= 11 is 3.59. The Morgan fingerprint density at radius 2 is 2.20 bits per heavy atom. The van der Waals surface area contributed by atoms with E-state index >= 15 is 0 Å². The maximum Gasteiger partial charge on any atom is 0.119 e. The summed E-state index contributed by atoms with van der Waals surface area (Å²) in [6.45, 7) is 4.90. The lowest BCUT2D eigenvalue weighted by molar-refractivity contribution is 0.413. The molecule has 0 amide bonds. The molecule has 1 aromatic heterocycles. The number of hydrogen-bond acceptors (Lipinski definition) is 3. The van der Waals surface area contributed by atoms with Gasteiger partial charge in [0.05, 0.1) is 23.0 Å². The fraction of sp³-hybridized carbons (Fsp3) is 0.400. The summed E-state index contributed by atoms with van der Waals surface area (Å²) in [5, 5.41) is 7.91. The van der Waals surface area contributed by atoms with E-state index in [-0.39, 0.29) is 6.04 Å². The molecule has 4 nitrogen and oxygen atoms in total. The molecule has 0 saturated carbocycles. The molecule has 2 rings (SSSR count). The van der Waals surface area contributed by atoms with Gasteiger partial charge in [-0.2, -0.15) is 5.10 Å². The Morgan fingerprint density at radius 1 is 1.45 bits per heavy atom. The van der Waals surface area contributed by atoms with Crippen LogP contribution in [0.4, 0.5) is 0 Å². The van der Waals surface area contributed by atoms with Gasteiger partial charge in [-0.1, -0.05) is 12.1 Å². The van der Waals surface area contributed by atoms with Gasteiger partial charge >= 0.3 is 0 Å². The zero-order chi connectivity index (χ0) is 14.7. The minimum absolute atomic E-state index is 0.243. The third-order valence-corrected chi connectivity index (χ3v) is 4.46. The minimum atomic E-state index is 0.243. The first kappa shape index (κ1) is 15.1. The van der Waals surface area contributed by atoms with Crippen LogP contribution in [0.5, 0.6) is 5.75 Å². The Kier molecular flexibility index (Phi) is 4.83. The minimum Gasteiger partial charge on any atom is -0.497 e. The van der Waals surface area contributed by atoms with E-state index in [1.165, 1.54) is 5.56 Å². The number of methoxy groups -OCH3 is 1. The lowest BCUT2D eigenvalue weighted by atomic mass is 10.1. The van der Waals surface area contributed by atoms with Crippen LogP contribution in [0.2, 0.25) is 0 Å². The van der Waals surface area contributed by atoms with Crippen molar-refractivity contribution in [1.29, 1.82) is 0 Å². The Bertz CT molecular complexity index is 595. The molecular weight excluding hydrogens is 318 g/mol. The van der Waals surface area contributed by atoms with Gasteiger partial charge in [-0.15, -0.1) is 0 Å². The number of nitrogens with one attached hydrogen (secondary N) is 1. The molecule has 2 aromatic rings. The SMILES string of the molecule is COc1cccc([C@H](C)NCc2c(Br)c(C)nn2C)c1. The van der Waals surface area contributed by atoms with Crippen molar-refractivity contribution >= 4 is 15.9 Å². The first-order chi connectivity index (χ1) is 9.52. The van der Waals surface area contributed by atoms with E-state index in [1.54, 1.807) is 7.11 Å². The van der Waals surface area contributed by atoms with Crippen molar-refractivity contribution in [3.8, 4) is 5.75 Å². The molecule has 0 spiro atoms. The average Bonchev–Trinajstić information content (AvgIpc) is 2.70.